The second-order valence-corrected chi connectivity index (χ2v) is 7.58. The van der Waals surface area contributed by atoms with E-state index in [4.69, 9.17) is 4.98 Å². The highest BCUT2D eigenvalue weighted by molar-refractivity contribution is 6.05. The van der Waals surface area contributed by atoms with Crippen molar-refractivity contribution in [1.82, 2.24) is 19.7 Å². The van der Waals surface area contributed by atoms with Crippen LogP contribution in [0, 0.1) is 5.82 Å². The zero-order valence-corrected chi connectivity index (χ0v) is 15.8. The van der Waals surface area contributed by atoms with Crippen molar-refractivity contribution in [2.45, 2.75) is 45.2 Å². The molecule has 0 spiro atoms. The molecule has 0 N–H and O–H groups in total. The van der Waals surface area contributed by atoms with E-state index in [1.54, 1.807) is 30.3 Å². The van der Waals surface area contributed by atoms with Gasteiger partial charge in [-0.05, 0) is 50.5 Å². The third kappa shape index (κ3) is 3.44. The summed E-state index contributed by atoms with van der Waals surface area (Å²) in [4.78, 5) is 19.7. The molecule has 1 aromatic carbocycles. The molecule has 1 amide bonds. The van der Waals surface area contributed by atoms with Gasteiger partial charge in [-0.1, -0.05) is 12.1 Å². The van der Waals surface area contributed by atoms with Crippen molar-refractivity contribution in [2.24, 2.45) is 0 Å². The minimum Gasteiger partial charge on any atom is -0.337 e. The Labute approximate surface area is 157 Å². The first-order valence-electron chi connectivity index (χ1n) is 9.32. The summed E-state index contributed by atoms with van der Waals surface area (Å²) >= 11 is 0. The summed E-state index contributed by atoms with van der Waals surface area (Å²) in [6, 6.07) is 8.33. The smallest absolute Gasteiger partial charge is 0.254 e. The van der Waals surface area contributed by atoms with E-state index in [1.807, 2.05) is 10.7 Å². The Hall–Kier alpha value is -2.76. The van der Waals surface area contributed by atoms with Crippen LogP contribution < -0.4 is 0 Å². The van der Waals surface area contributed by atoms with Crippen LogP contribution in [0.3, 0.4) is 0 Å². The van der Waals surface area contributed by atoms with Gasteiger partial charge in [0.15, 0.2) is 5.65 Å². The molecule has 0 saturated heterocycles. The Balaban J connectivity index is 1.70. The molecule has 4 rings (SSSR count). The van der Waals surface area contributed by atoms with Crippen molar-refractivity contribution in [3.05, 3.63) is 59.2 Å². The number of nitrogens with zero attached hydrogens (tertiary/aromatic N) is 4. The van der Waals surface area contributed by atoms with Crippen LogP contribution in [0.1, 0.15) is 60.3 Å². The lowest BCUT2D eigenvalue weighted by atomic mass is 10.1. The first-order valence-corrected chi connectivity index (χ1v) is 9.32. The van der Waals surface area contributed by atoms with E-state index in [9.17, 15) is 9.18 Å². The summed E-state index contributed by atoms with van der Waals surface area (Å²) < 4.78 is 15.0. The highest BCUT2D eigenvalue weighted by Crippen LogP contribution is 2.40. The van der Waals surface area contributed by atoms with Gasteiger partial charge in [0.1, 0.15) is 5.82 Å². The SMILES string of the molecule is CC(C)n1ncc2c(C(=O)N(C)Cc3ccc(F)cc3)cc(C3CC3)nc21. The first kappa shape index (κ1) is 17.6. The Morgan fingerprint density at radius 1 is 1.30 bits per heavy atom. The third-order valence-electron chi connectivity index (χ3n) is 4.98. The maximum absolute atomic E-state index is 13.2. The molecule has 2 aromatic heterocycles. The molecule has 1 aliphatic carbocycles. The number of hydrogen-bond acceptors (Lipinski definition) is 3. The number of amides is 1. The van der Waals surface area contributed by atoms with Gasteiger partial charge in [-0.3, -0.25) is 4.79 Å². The van der Waals surface area contributed by atoms with Gasteiger partial charge in [0.25, 0.3) is 5.91 Å². The number of carbonyl (C=O) groups excluding carboxylic acids is 1. The molecule has 140 valence electrons. The zero-order valence-electron chi connectivity index (χ0n) is 15.8. The van der Waals surface area contributed by atoms with E-state index in [0.29, 0.717) is 18.0 Å². The molecule has 1 fully saturated rings. The summed E-state index contributed by atoms with van der Waals surface area (Å²) in [5.41, 5.74) is 3.27. The van der Waals surface area contributed by atoms with Gasteiger partial charge >= 0.3 is 0 Å². The van der Waals surface area contributed by atoms with Gasteiger partial charge in [-0.25, -0.2) is 14.1 Å². The standard InChI is InChI=1S/C21H23FN4O/c1-13(2)26-20-18(11-23-26)17(10-19(24-20)15-6-7-15)21(27)25(3)12-14-4-8-16(22)9-5-14/h4-5,8-11,13,15H,6-7,12H2,1-3H3. The second kappa shape index (κ2) is 6.76. The van der Waals surface area contributed by atoms with E-state index >= 15 is 0 Å². The lowest BCUT2D eigenvalue weighted by Crippen LogP contribution is -2.26. The van der Waals surface area contributed by atoms with Crippen molar-refractivity contribution >= 4 is 16.9 Å². The Bertz CT molecular complexity index is 989. The van der Waals surface area contributed by atoms with Gasteiger partial charge < -0.3 is 4.90 Å². The van der Waals surface area contributed by atoms with Gasteiger partial charge in [0.05, 0.1) is 17.1 Å². The van der Waals surface area contributed by atoms with Crippen LogP contribution in [0.15, 0.2) is 36.5 Å². The van der Waals surface area contributed by atoms with Crippen LogP contribution in [-0.2, 0) is 6.54 Å². The number of fused-ring (bicyclic) bond motifs is 1. The molecule has 6 heteroatoms. The quantitative estimate of drug-likeness (QED) is 0.676. The highest BCUT2D eigenvalue weighted by atomic mass is 19.1. The van der Waals surface area contributed by atoms with Crippen molar-refractivity contribution in [3.8, 4) is 0 Å². The van der Waals surface area contributed by atoms with Crippen LogP contribution in [-0.4, -0.2) is 32.6 Å². The predicted octanol–water partition coefficient (Wildman–Crippen LogP) is 4.30. The molecule has 3 aromatic rings. The molecule has 1 aliphatic rings. The van der Waals surface area contributed by atoms with Crippen molar-refractivity contribution in [3.63, 3.8) is 0 Å². The number of benzene rings is 1. The Kier molecular flexibility index (Phi) is 4.42. The molecule has 0 atom stereocenters. The molecule has 2 heterocycles. The largest absolute Gasteiger partial charge is 0.337 e. The third-order valence-corrected chi connectivity index (χ3v) is 4.98. The predicted molar refractivity (Wildman–Crippen MR) is 102 cm³/mol. The van der Waals surface area contributed by atoms with E-state index in [0.717, 1.165) is 35.1 Å². The number of halogens is 1. The molecule has 1 saturated carbocycles. The number of aromatic nitrogens is 3. The number of pyridine rings is 1. The molecule has 5 nitrogen and oxygen atoms in total. The fraction of sp³-hybridized carbons (Fsp3) is 0.381. The summed E-state index contributed by atoms with van der Waals surface area (Å²) in [5.74, 6) is 0.0922. The van der Waals surface area contributed by atoms with E-state index < -0.39 is 0 Å². The Morgan fingerprint density at radius 2 is 2.00 bits per heavy atom. The molecule has 0 bridgehead atoms. The Morgan fingerprint density at radius 3 is 2.63 bits per heavy atom. The molecular weight excluding hydrogens is 343 g/mol. The summed E-state index contributed by atoms with van der Waals surface area (Å²) in [5, 5.41) is 5.24. The molecule has 0 radical (unpaired) electrons. The fourth-order valence-corrected chi connectivity index (χ4v) is 3.32. The summed E-state index contributed by atoms with van der Waals surface area (Å²) in [6.07, 6.45) is 3.97. The number of carbonyl (C=O) groups is 1. The van der Waals surface area contributed by atoms with Gasteiger partial charge in [0, 0.05) is 31.2 Å². The van der Waals surface area contributed by atoms with Crippen molar-refractivity contribution < 1.29 is 9.18 Å². The topological polar surface area (TPSA) is 51.0 Å². The monoisotopic (exact) mass is 366 g/mol. The average molecular weight is 366 g/mol. The summed E-state index contributed by atoms with van der Waals surface area (Å²) in [7, 11) is 1.77. The van der Waals surface area contributed by atoms with Gasteiger partial charge in [-0.2, -0.15) is 5.10 Å². The zero-order chi connectivity index (χ0) is 19.1. The van der Waals surface area contributed by atoms with Crippen LogP contribution >= 0.6 is 0 Å². The van der Waals surface area contributed by atoms with Crippen LogP contribution in [0.25, 0.3) is 11.0 Å². The van der Waals surface area contributed by atoms with Gasteiger partial charge in [-0.15, -0.1) is 0 Å². The van der Waals surface area contributed by atoms with Crippen LogP contribution in [0.2, 0.25) is 0 Å². The summed E-state index contributed by atoms with van der Waals surface area (Å²) in [6.45, 7) is 4.53. The number of hydrogen-bond donors (Lipinski definition) is 0. The lowest BCUT2D eigenvalue weighted by molar-refractivity contribution is 0.0787. The van der Waals surface area contributed by atoms with Crippen LogP contribution in [0.5, 0.6) is 0 Å². The van der Waals surface area contributed by atoms with E-state index in [1.165, 1.54) is 12.1 Å². The molecule has 0 unspecified atom stereocenters. The average Bonchev–Trinajstić information content (AvgIpc) is 3.41. The first-order chi connectivity index (χ1) is 12.9. The fourth-order valence-electron chi connectivity index (χ4n) is 3.32. The number of rotatable bonds is 5. The minimum atomic E-state index is -0.279. The van der Waals surface area contributed by atoms with Crippen LogP contribution in [0.4, 0.5) is 4.39 Å². The van der Waals surface area contributed by atoms with E-state index in [2.05, 4.69) is 18.9 Å². The molecule has 0 aliphatic heterocycles. The maximum atomic E-state index is 13.2. The normalized spacial score (nSPS) is 14.1. The lowest BCUT2D eigenvalue weighted by Gasteiger charge is -2.18. The second-order valence-electron chi connectivity index (χ2n) is 7.58. The van der Waals surface area contributed by atoms with Gasteiger partial charge in [0.2, 0.25) is 0 Å². The minimum absolute atomic E-state index is 0.0723. The highest BCUT2D eigenvalue weighted by Gasteiger charge is 2.29. The maximum Gasteiger partial charge on any atom is 0.254 e. The van der Waals surface area contributed by atoms with Crippen molar-refractivity contribution in [2.75, 3.05) is 7.05 Å². The molecular formula is C21H23FN4O. The van der Waals surface area contributed by atoms with Crippen molar-refractivity contribution in [1.29, 1.82) is 0 Å². The van der Waals surface area contributed by atoms with E-state index in [-0.39, 0.29) is 17.8 Å². The molecule has 27 heavy (non-hydrogen) atoms.